The van der Waals surface area contributed by atoms with E-state index in [1.165, 1.54) is 29.1 Å². The summed E-state index contributed by atoms with van der Waals surface area (Å²) in [7, 11) is 0. The molecule has 0 amide bonds. The zero-order chi connectivity index (χ0) is 14.6. The van der Waals surface area contributed by atoms with Gasteiger partial charge in [0.2, 0.25) is 0 Å². The molecular formula is C17H27NOS. The Bertz CT molecular complexity index is 445. The van der Waals surface area contributed by atoms with Crippen LogP contribution in [0.3, 0.4) is 0 Å². The molecule has 0 bridgehead atoms. The lowest BCUT2D eigenvalue weighted by Crippen LogP contribution is -2.26. The van der Waals surface area contributed by atoms with Crippen molar-refractivity contribution in [3.8, 4) is 5.75 Å². The molecule has 1 aromatic rings. The molecule has 20 heavy (non-hydrogen) atoms. The Hall–Kier alpha value is -0.670. The molecule has 0 saturated heterocycles. The molecule has 3 heteroatoms. The number of benzene rings is 1. The van der Waals surface area contributed by atoms with Crippen molar-refractivity contribution >= 4 is 11.8 Å². The third-order valence-electron chi connectivity index (χ3n) is 3.68. The molecule has 1 heterocycles. The second-order valence-electron chi connectivity index (χ2n) is 6.25. The first-order valence-electron chi connectivity index (χ1n) is 7.62. The van der Waals surface area contributed by atoms with E-state index in [0.29, 0.717) is 6.04 Å². The maximum absolute atomic E-state index is 5.92. The van der Waals surface area contributed by atoms with Gasteiger partial charge in [0.1, 0.15) is 11.4 Å². The molecule has 1 atom stereocenters. The van der Waals surface area contributed by atoms with Crippen molar-refractivity contribution in [2.45, 2.75) is 58.7 Å². The summed E-state index contributed by atoms with van der Waals surface area (Å²) in [6.07, 6.45) is 2.25. The van der Waals surface area contributed by atoms with E-state index >= 15 is 0 Å². The largest absolute Gasteiger partial charge is 0.487 e. The van der Waals surface area contributed by atoms with E-state index in [9.17, 15) is 0 Å². The van der Waals surface area contributed by atoms with Gasteiger partial charge >= 0.3 is 0 Å². The summed E-state index contributed by atoms with van der Waals surface area (Å²) in [5, 5.41) is 3.62. The zero-order valence-corrected chi connectivity index (χ0v) is 14.0. The first-order chi connectivity index (χ1) is 9.50. The molecule has 1 aliphatic heterocycles. The Labute approximate surface area is 127 Å². The fourth-order valence-corrected chi connectivity index (χ4v) is 3.38. The van der Waals surface area contributed by atoms with Crippen LogP contribution in [0.15, 0.2) is 18.2 Å². The molecule has 0 aromatic heterocycles. The van der Waals surface area contributed by atoms with E-state index in [4.69, 9.17) is 4.74 Å². The second kappa shape index (κ2) is 6.86. The van der Waals surface area contributed by atoms with Crippen LogP contribution in [0.4, 0.5) is 0 Å². The quantitative estimate of drug-likeness (QED) is 0.767. The SMILES string of the molecule is CCSCCC(C)NCc1ccc2c(c1)CC(C)(C)O2. The lowest BCUT2D eigenvalue weighted by Gasteiger charge is -2.16. The first kappa shape index (κ1) is 15.7. The number of ether oxygens (including phenoxy) is 1. The van der Waals surface area contributed by atoms with Crippen LogP contribution in [-0.2, 0) is 13.0 Å². The van der Waals surface area contributed by atoms with Gasteiger partial charge in [-0.15, -0.1) is 0 Å². The number of hydrogen-bond donors (Lipinski definition) is 1. The monoisotopic (exact) mass is 293 g/mol. The molecule has 2 rings (SSSR count). The van der Waals surface area contributed by atoms with Crippen LogP contribution in [0.5, 0.6) is 5.75 Å². The number of hydrogen-bond acceptors (Lipinski definition) is 3. The van der Waals surface area contributed by atoms with Crippen molar-refractivity contribution in [2.75, 3.05) is 11.5 Å². The highest BCUT2D eigenvalue weighted by atomic mass is 32.2. The lowest BCUT2D eigenvalue weighted by atomic mass is 10.00. The molecule has 1 aromatic carbocycles. The van der Waals surface area contributed by atoms with Crippen molar-refractivity contribution < 1.29 is 4.74 Å². The van der Waals surface area contributed by atoms with Gasteiger partial charge in [-0.25, -0.2) is 0 Å². The number of thioether (sulfide) groups is 1. The molecule has 2 nitrogen and oxygen atoms in total. The van der Waals surface area contributed by atoms with Crippen LogP contribution in [0.1, 0.15) is 45.2 Å². The Kier molecular flexibility index (Phi) is 5.39. The Morgan fingerprint density at radius 2 is 2.20 bits per heavy atom. The van der Waals surface area contributed by atoms with E-state index < -0.39 is 0 Å². The van der Waals surface area contributed by atoms with Gasteiger partial charge in [0.05, 0.1) is 0 Å². The smallest absolute Gasteiger partial charge is 0.123 e. The van der Waals surface area contributed by atoms with Gasteiger partial charge in [-0.3, -0.25) is 0 Å². The number of fused-ring (bicyclic) bond motifs is 1. The topological polar surface area (TPSA) is 21.3 Å². The van der Waals surface area contributed by atoms with Crippen LogP contribution in [0, 0.1) is 0 Å². The first-order valence-corrected chi connectivity index (χ1v) is 8.77. The van der Waals surface area contributed by atoms with Crippen molar-refractivity contribution in [1.82, 2.24) is 5.32 Å². The number of nitrogens with one attached hydrogen (secondary N) is 1. The second-order valence-corrected chi connectivity index (χ2v) is 7.64. The van der Waals surface area contributed by atoms with Crippen molar-refractivity contribution in [3.05, 3.63) is 29.3 Å². The minimum atomic E-state index is -0.0426. The van der Waals surface area contributed by atoms with Gasteiger partial charge in [0.15, 0.2) is 0 Å². The van der Waals surface area contributed by atoms with Gasteiger partial charge in [-0.2, -0.15) is 11.8 Å². The Morgan fingerprint density at radius 1 is 1.40 bits per heavy atom. The summed E-state index contributed by atoms with van der Waals surface area (Å²) < 4.78 is 5.92. The standard InChI is InChI=1S/C17H27NOS/c1-5-20-9-8-13(2)18-12-14-6-7-16-15(10-14)11-17(3,4)19-16/h6-7,10,13,18H,5,8-9,11-12H2,1-4H3. The molecule has 0 radical (unpaired) electrons. The van der Waals surface area contributed by atoms with Gasteiger partial charge in [0, 0.05) is 19.0 Å². The molecule has 0 spiro atoms. The summed E-state index contributed by atoms with van der Waals surface area (Å²) in [5.74, 6) is 3.52. The molecule has 0 saturated carbocycles. The molecule has 0 fully saturated rings. The van der Waals surface area contributed by atoms with Crippen LogP contribution in [0.2, 0.25) is 0 Å². The Morgan fingerprint density at radius 3 is 2.95 bits per heavy atom. The third-order valence-corrected chi connectivity index (χ3v) is 4.61. The molecule has 112 valence electrons. The van der Waals surface area contributed by atoms with E-state index in [1.54, 1.807) is 0 Å². The van der Waals surface area contributed by atoms with E-state index in [-0.39, 0.29) is 5.60 Å². The predicted octanol–water partition coefficient (Wildman–Crippen LogP) is 4.02. The molecule has 1 N–H and O–H groups in total. The summed E-state index contributed by atoms with van der Waals surface area (Å²) >= 11 is 2.02. The third kappa shape index (κ3) is 4.42. The zero-order valence-electron chi connectivity index (χ0n) is 13.2. The average molecular weight is 293 g/mol. The minimum Gasteiger partial charge on any atom is -0.487 e. The van der Waals surface area contributed by atoms with Gasteiger partial charge in [0.25, 0.3) is 0 Å². The van der Waals surface area contributed by atoms with E-state index in [1.807, 2.05) is 11.8 Å². The normalized spacial score (nSPS) is 17.6. The van der Waals surface area contributed by atoms with Crippen LogP contribution >= 0.6 is 11.8 Å². The van der Waals surface area contributed by atoms with E-state index in [0.717, 1.165) is 18.7 Å². The summed E-state index contributed by atoms with van der Waals surface area (Å²) in [6.45, 7) is 9.75. The van der Waals surface area contributed by atoms with Crippen LogP contribution in [0.25, 0.3) is 0 Å². The maximum atomic E-state index is 5.92. The molecule has 1 aliphatic rings. The van der Waals surface area contributed by atoms with Crippen LogP contribution in [-0.4, -0.2) is 23.1 Å². The van der Waals surface area contributed by atoms with Crippen LogP contribution < -0.4 is 10.1 Å². The predicted molar refractivity (Wildman–Crippen MR) is 88.8 cm³/mol. The summed E-state index contributed by atoms with van der Waals surface area (Å²) in [6, 6.07) is 7.18. The lowest BCUT2D eigenvalue weighted by molar-refractivity contribution is 0.138. The fourth-order valence-electron chi connectivity index (χ4n) is 2.57. The van der Waals surface area contributed by atoms with Gasteiger partial charge in [-0.1, -0.05) is 19.1 Å². The van der Waals surface area contributed by atoms with Crippen molar-refractivity contribution in [2.24, 2.45) is 0 Å². The highest BCUT2D eigenvalue weighted by Crippen LogP contribution is 2.35. The highest BCUT2D eigenvalue weighted by Gasteiger charge is 2.29. The Balaban J connectivity index is 1.83. The van der Waals surface area contributed by atoms with Gasteiger partial charge in [-0.05, 0) is 55.9 Å². The highest BCUT2D eigenvalue weighted by molar-refractivity contribution is 7.99. The molecule has 0 aliphatic carbocycles. The maximum Gasteiger partial charge on any atom is 0.123 e. The minimum absolute atomic E-state index is 0.0426. The fraction of sp³-hybridized carbons (Fsp3) is 0.647. The van der Waals surface area contributed by atoms with Crippen molar-refractivity contribution in [1.29, 1.82) is 0 Å². The summed E-state index contributed by atoms with van der Waals surface area (Å²) in [4.78, 5) is 0. The van der Waals surface area contributed by atoms with Gasteiger partial charge < -0.3 is 10.1 Å². The molecule has 1 unspecified atom stereocenters. The number of rotatable bonds is 7. The van der Waals surface area contributed by atoms with E-state index in [2.05, 4.69) is 51.2 Å². The molecular weight excluding hydrogens is 266 g/mol. The summed E-state index contributed by atoms with van der Waals surface area (Å²) in [5.41, 5.74) is 2.67. The average Bonchev–Trinajstić information content (AvgIpc) is 2.69. The van der Waals surface area contributed by atoms with Crippen molar-refractivity contribution in [3.63, 3.8) is 0 Å².